The average Bonchev–Trinajstić information content (AvgIpc) is 2.25. The maximum atomic E-state index is 9.59. The number of halogens is 1. The van der Waals surface area contributed by atoms with E-state index in [1.165, 1.54) is 0 Å². The predicted octanol–water partition coefficient (Wildman–Crippen LogP) is 3.55. The number of benzene rings is 1. The monoisotopic (exact) mass is 236 g/mol. The Morgan fingerprint density at radius 1 is 1.44 bits per heavy atom. The molecule has 86 valence electrons. The van der Waals surface area contributed by atoms with E-state index in [0.29, 0.717) is 0 Å². The van der Waals surface area contributed by atoms with Crippen molar-refractivity contribution < 1.29 is 5.11 Å². The van der Waals surface area contributed by atoms with Crippen LogP contribution in [0.2, 0.25) is 5.02 Å². The van der Waals surface area contributed by atoms with Crippen LogP contribution in [0.3, 0.4) is 0 Å². The molecule has 0 aliphatic heterocycles. The molecular formula is C14H17ClO. The number of aryl methyl sites for hydroxylation is 1. The van der Waals surface area contributed by atoms with Crippen molar-refractivity contribution in [2.45, 2.75) is 39.2 Å². The lowest BCUT2D eigenvalue weighted by Crippen LogP contribution is -2.01. The lowest BCUT2D eigenvalue weighted by molar-refractivity contribution is 0.218. The maximum absolute atomic E-state index is 9.59. The summed E-state index contributed by atoms with van der Waals surface area (Å²) in [6.45, 7) is 4.07. The molecule has 0 aliphatic carbocycles. The number of aliphatic hydroxyl groups excluding tert-OH is 1. The smallest absolute Gasteiger partial charge is 0.115 e. The van der Waals surface area contributed by atoms with Crippen molar-refractivity contribution in [1.29, 1.82) is 0 Å². The molecule has 1 atom stereocenters. The SMILES string of the molecule is CCCCC(O)C#Cc1ccc(Cl)cc1C. The molecule has 1 rings (SSSR count). The predicted molar refractivity (Wildman–Crippen MR) is 68.6 cm³/mol. The summed E-state index contributed by atoms with van der Waals surface area (Å²) in [6.07, 6.45) is 2.32. The van der Waals surface area contributed by atoms with E-state index in [4.69, 9.17) is 11.6 Å². The van der Waals surface area contributed by atoms with Crippen LogP contribution in [0, 0.1) is 18.8 Å². The van der Waals surface area contributed by atoms with E-state index >= 15 is 0 Å². The second-order valence-corrected chi connectivity index (χ2v) is 4.32. The molecule has 0 spiro atoms. The largest absolute Gasteiger partial charge is 0.380 e. The van der Waals surface area contributed by atoms with Gasteiger partial charge in [-0.15, -0.1) is 0 Å². The third-order valence-electron chi connectivity index (χ3n) is 2.39. The minimum absolute atomic E-state index is 0.518. The van der Waals surface area contributed by atoms with Crippen LogP contribution in [0.15, 0.2) is 18.2 Å². The van der Waals surface area contributed by atoms with Crippen molar-refractivity contribution in [1.82, 2.24) is 0 Å². The molecule has 0 aliphatic rings. The van der Waals surface area contributed by atoms with Crippen molar-refractivity contribution in [2.24, 2.45) is 0 Å². The van der Waals surface area contributed by atoms with Crippen molar-refractivity contribution in [3.05, 3.63) is 34.3 Å². The molecule has 0 heterocycles. The molecular weight excluding hydrogens is 220 g/mol. The van der Waals surface area contributed by atoms with Gasteiger partial charge < -0.3 is 5.11 Å². The number of hydrogen-bond donors (Lipinski definition) is 1. The Morgan fingerprint density at radius 3 is 2.81 bits per heavy atom. The van der Waals surface area contributed by atoms with E-state index in [1.807, 2.05) is 25.1 Å². The first kappa shape index (κ1) is 13.1. The number of unbranched alkanes of at least 4 members (excludes halogenated alkanes) is 1. The van der Waals surface area contributed by atoms with Gasteiger partial charge >= 0.3 is 0 Å². The van der Waals surface area contributed by atoms with E-state index in [0.717, 1.165) is 35.4 Å². The van der Waals surface area contributed by atoms with Crippen molar-refractivity contribution in [3.63, 3.8) is 0 Å². The summed E-state index contributed by atoms with van der Waals surface area (Å²) in [6, 6.07) is 5.58. The highest BCUT2D eigenvalue weighted by Crippen LogP contribution is 2.14. The van der Waals surface area contributed by atoms with Gasteiger partial charge in [-0.05, 0) is 37.1 Å². The standard InChI is InChI=1S/C14H17ClO/c1-3-4-5-14(16)9-7-12-6-8-13(15)10-11(12)2/h6,8,10,14,16H,3-5H2,1-2H3. The second-order valence-electron chi connectivity index (χ2n) is 3.89. The van der Waals surface area contributed by atoms with Crippen molar-refractivity contribution in [2.75, 3.05) is 0 Å². The summed E-state index contributed by atoms with van der Waals surface area (Å²) < 4.78 is 0. The maximum Gasteiger partial charge on any atom is 0.115 e. The molecule has 0 fully saturated rings. The molecule has 1 aromatic rings. The van der Waals surface area contributed by atoms with Gasteiger partial charge in [0.1, 0.15) is 6.10 Å². The van der Waals surface area contributed by atoms with Crippen LogP contribution >= 0.6 is 11.6 Å². The molecule has 0 saturated carbocycles. The molecule has 1 nitrogen and oxygen atoms in total. The van der Waals surface area contributed by atoms with Crippen LogP contribution < -0.4 is 0 Å². The van der Waals surface area contributed by atoms with Gasteiger partial charge in [0.25, 0.3) is 0 Å². The molecule has 1 unspecified atom stereocenters. The molecule has 0 aromatic heterocycles. The van der Waals surface area contributed by atoms with Crippen LogP contribution in [-0.2, 0) is 0 Å². The fourth-order valence-corrected chi connectivity index (χ4v) is 1.62. The molecule has 0 amide bonds. The van der Waals surface area contributed by atoms with Crippen LogP contribution in [0.4, 0.5) is 0 Å². The first-order valence-corrected chi connectivity index (χ1v) is 5.97. The first-order chi connectivity index (χ1) is 7.63. The van der Waals surface area contributed by atoms with E-state index in [1.54, 1.807) is 0 Å². The number of hydrogen-bond acceptors (Lipinski definition) is 1. The summed E-state index contributed by atoms with van der Waals surface area (Å²) in [5.41, 5.74) is 1.97. The summed E-state index contributed by atoms with van der Waals surface area (Å²) >= 11 is 5.85. The third-order valence-corrected chi connectivity index (χ3v) is 2.63. The van der Waals surface area contributed by atoms with Gasteiger partial charge in [-0.2, -0.15) is 0 Å². The summed E-state index contributed by atoms with van der Waals surface area (Å²) in [4.78, 5) is 0. The van der Waals surface area contributed by atoms with Crippen LogP contribution in [-0.4, -0.2) is 11.2 Å². The highest BCUT2D eigenvalue weighted by molar-refractivity contribution is 6.30. The van der Waals surface area contributed by atoms with E-state index in [9.17, 15) is 5.11 Å². The summed E-state index contributed by atoms with van der Waals surface area (Å²) in [7, 11) is 0. The van der Waals surface area contributed by atoms with E-state index in [2.05, 4.69) is 18.8 Å². The molecule has 2 heteroatoms. The molecule has 16 heavy (non-hydrogen) atoms. The van der Waals surface area contributed by atoms with Crippen LogP contribution in [0.5, 0.6) is 0 Å². The fraction of sp³-hybridized carbons (Fsp3) is 0.429. The third kappa shape index (κ3) is 4.26. The minimum Gasteiger partial charge on any atom is -0.380 e. The average molecular weight is 237 g/mol. The van der Waals surface area contributed by atoms with Crippen LogP contribution in [0.1, 0.15) is 37.3 Å². The number of aliphatic hydroxyl groups is 1. The Balaban J connectivity index is 2.69. The van der Waals surface area contributed by atoms with Gasteiger partial charge in [0.2, 0.25) is 0 Å². The van der Waals surface area contributed by atoms with E-state index in [-0.39, 0.29) is 0 Å². The number of rotatable bonds is 3. The molecule has 0 saturated heterocycles. The zero-order valence-corrected chi connectivity index (χ0v) is 10.5. The van der Waals surface area contributed by atoms with Gasteiger partial charge in [0.15, 0.2) is 0 Å². The normalized spacial score (nSPS) is 11.8. The minimum atomic E-state index is -0.518. The molecule has 0 bridgehead atoms. The molecule has 0 radical (unpaired) electrons. The highest BCUT2D eigenvalue weighted by Gasteiger charge is 1.98. The van der Waals surface area contributed by atoms with Crippen molar-refractivity contribution in [3.8, 4) is 11.8 Å². The zero-order valence-electron chi connectivity index (χ0n) is 9.76. The molecule has 1 N–H and O–H groups in total. The van der Waals surface area contributed by atoms with Crippen LogP contribution in [0.25, 0.3) is 0 Å². The van der Waals surface area contributed by atoms with Crippen molar-refractivity contribution >= 4 is 11.6 Å². The summed E-state index contributed by atoms with van der Waals surface area (Å²) in [5.74, 6) is 5.85. The topological polar surface area (TPSA) is 20.2 Å². The molecule has 1 aromatic carbocycles. The quantitative estimate of drug-likeness (QED) is 0.796. The van der Waals surface area contributed by atoms with E-state index < -0.39 is 6.10 Å². The highest BCUT2D eigenvalue weighted by atomic mass is 35.5. The second kappa shape index (κ2) is 6.58. The van der Waals surface area contributed by atoms with Gasteiger partial charge in [-0.3, -0.25) is 0 Å². The Morgan fingerprint density at radius 2 is 2.19 bits per heavy atom. The first-order valence-electron chi connectivity index (χ1n) is 5.59. The Bertz CT molecular complexity index is 401. The lowest BCUT2D eigenvalue weighted by Gasteiger charge is -2.01. The summed E-state index contributed by atoms with van der Waals surface area (Å²) in [5, 5.41) is 10.3. The Kier molecular flexibility index (Phi) is 5.38. The van der Waals surface area contributed by atoms with Gasteiger partial charge in [-0.1, -0.05) is 43.2 Å². The van der Waals surface area contributed by atoms with Gasteiger partial charge in [-0.25, -0.2) is 0 Å². The van der Waals surface area contributed by atoms with Gasteiger partial charge in [0.05, 0.1) is 0 Å². The Labute approximate surface area is 102 Å². The van der Waals surface area contributed by atoms with Gasteiger partial charge in [0, 0.05) is 10.6 Å². The zero-order chi connectivity index (χ0) is 12.0. The fourth-order valence-electron chi connectivity index (χ4n) is 1.40. The lowest BCUT2D eigenvalue weighted by atomic mass is 10.1. The Hall–Kier alpha value is -0.970.